The van der Waals surface area contributed by atoms with Gasteiger partial charge < -0.3 is 4.90 Å². The average molecular weight is 445 g/mol. The molecule has 6 heteroatoms. The van der Waals surface area contributed by atoms with E-state index in [0.29, 0.717) is 18.7 Å². The fraction of sp³-hybridized carbons (Fsp3) is 0.115. The molecule has 4 aromatic rings. The van der Waals surface area contributed by atoms with Gasteiger partial charge in [-0.05, 0) is 47.0 Å². The summed E-state index contributed by atoms with van der Waals surface area (Å²) < 4.78 is 23.1. The van der Waals surface area contributed by atoms with Crippen LogP contribution in [-0.4, -0.2) is 19.2 Å². The zero-order valence-electron chi connectivity index (χ0n) is 17.7. The quantitative estimate of drug-likeness (QED) is 0.470. The third-order valence-corrected chi connectivity index (χ3v) is 6.36. The van der Waals surface area contributed by atoms with Crippen molar-refractivity contribution in [3.63, 3.8) is 0 Å². The van der Waals surface area contributed by atoms with E-state index in [1.165, 1.54) is 12.1 Å². The van der Waals surface area contributed by atoms with Crippen LogP contribution in [0.4, 0.5) is 0 Å². The first-order chi connectivity index (χ1) is 15.3. The third kappa shape index (κ3) is 4.88. The Bertz CT molecular complexity index is 1360. The van der Waals surface area contributed by atoms with E-state index >= 15 is 0 Å². The van der Waals surface area contributed by atoms with Crippen LogP contribution in [0.3, 0.4) is 0 Å². The van der Waals surface area contributed by atoms with Crippen molar-refractivity contribution in [2.45, 2.75) is 24.9 Å². The van der Waals surface area contributed by atoms with Crippen molar-refractivity contribution in [2.75, 3.05) is 0 Å². The van der Waals surface area contributed by atoms with Crippen LogP contribution in [0.1, 0.15) is 27.0 Å². The number of sulfonamides is 1. The van der Waals surface area contributed by atoms with Crippen LogP contribution in [0.2, 0.25) is 0 Å². The molecule has 0 spiro atoms. The van der Waals surface area contributed by atoms with Gasteiger partial charge in [0.1, 0.15) is 0 Å². The zero-order chi connectivity index (χ0) is 22.7. The number of hydrogen-bond donors (Lipinski definition) is 1. The summed E-state index contributed by atoms with van der Waals surface area (Å²) in [5.41, 5.74) is 3.62. The highest BCUT2D eigenvalue weighted by atomic mass is 32.2. The molecule has 0 aliphatic heterocycles. The van der Waals surface area contributed by atoms with E-state index in [0.717, 1.165) is 27.5 Å². The fourth-order valence-corrected chi connectivity index (χ4v) is 4.22. The normalized spacial score (nSPS) is 11.4. The molecule has 2 N–H and O–H groups in total. The summed E-state index contributed by atoms with van der Waals surface area (Å²) >= 11 is 0. The smallest absolute Gasteiger partial charge is 0.255 e. The van der Waals surface area contributed by atoms with Gasteiger partial charge in [-0.25, -0.2) is 13.6 Å². The lowest BCUT2D eigenvalue weighted by molar-refractivity contribution is 0.0732. The number of benzene rings is 4. The van der Waals surface area contributed by atoms with Crippen LogP contribution in [-0.2, 0) is 23.1 Å². The molecular weight excluding hydrogens is 420 g/mol. The van der Waals surface area contributed by atoms with Crippen molar-refractivity contribution in [2.24, 2.45) is 5.14 Å². The summed E-state index contributed by atoms with van der Waals surface area (Å²) in [6.45, 7) is 2.79. The molecule has 0 radical (unpaired) electrons. The highest BCUT2D eigenvalue weighted by Gasteiger charge is 2.19. The minimum Gasteiger partial charge on any atom is -0.330 e. The first-order valence-corrected chi connectivity index (χ1v) is 11.8. The number of nitrogens with two attached hydrogens (primary N) is 1. The molecule has 0 heterocycles. The first kappa shape index (κ1) is 21.7. The number of hydrogen-bond acceptors (Lipinski definition) is 3. The Morgan fingerprint density at radius 3 is 1.97 bits per heavy atom. The molecular formula is C26H24N2O3S. The predicted molar refractivity (Wildman–Crippen MR) is 127 cm³/mol. The van der Waals surface area contributed by atoms with Crippen LogP contribution in [0.15, 0.2) is 95.9 Å². The van der Waals surface area contributed by atoms with Crippen molar-refractivity contribution in [3.8, 4) is 0 Å². The Labute approximate surface area is 188 Å². The van der Waals surface area contributed by atoms with Crippen molar-refractivity contribution in [3.05, 3.63) is 113 Å². The van der Waals surface area contributed by atoms with Crippen LogP contribution < -0.4 is 5.14 Å². The van der Waals surface area contributed by atoms with Crippen LogP contribution in [0.5, 0.6) is 0 Å². The molecule has 0 unspecified atom stereocenters. The maximum Gasteiger partial charge on any atom is 0.255 e. The van der Waals surface area contributed by atoms with Gasteiger partial charge in [0, 0.05) is 18.7 Å². The highest BCUT2D eigenvalue weighted by molar-refractivity contribution is 7.89. The van der Waals surface area contributed by atoms with E-state index in [1.807, 2.05) is 73.7 Å². The number of rotatable bonds is 6. The molecule has 162 valence electrons. The second-order valence-electron chi connectivity index (χ2n) is 7.86. The van der Waals surface area contributed by atoms with Gasteiger partial charge in [0.05, 0.1) is 4.90 Å². The number of primary sulfonamides is 1. The van der Waals surface area contributed by atoms with Gasteiger partial charge in [0.15, 0.2) is 0 Å². The molecule has 0 bridgehead atoms. The molecule has 0 atom stereocenters. The summed E-state index contributed by atoms with van der Waals surface area (Å²) in [7, 11) is -3.76. The largest absolute Gasteiger partial charge is 0.330 e. The minimum absolute atomic E-state index is 0.0479. The lowest BCUT2D eigenvalue weighted by atomic mass is 10.0. The molecule has 0 aliphatic rings. The van der Waals surface area contributed by atoms with Crippen LogP contribution in [0.25, 0.3) is 10.8 Å². The average Bonchev–Trinajstić information content (AvgIpc) is 2.79. The Kier molecular flexibility index (Phi) is 6.08. The first-order valence-electron chi connectivity index (χ1n) is 10.3. The second kappa shape index (κ2) is 8.94. The third-order valence-electron chi connectivity index (χ3n) is 5.43. The van der Waals surface area contributed by atoms with Crippen LogP contribution >= 0.6 is 0 Å². The number of aryl methyl sites for hydroxylation is 1. The Hall–Kier alpha value is -3.48. The van der Waals surface area contributed by atoms with E-state index in [-0.39, 0.29) is 10.8 Å². The van der Waals surface area contributed by atoms with E-state index in [1.54, 1.807) is 17.0 Å². The molecule has 1 amide bonds. The number of amides is 1. The minimum atomic E-state index is -3.76. The molecule has 0 aromatic heterocycles. The van der Waals surface area contributed by atoms with Crippen molar-refractivity contribution in [1.29, 1.82) is 0 Å². The SMILES string of the molecule is Cc1ccc(CN(Cc2ccc(S(N)(=O)=O)cc2)C(=O)c2cccc3ccccc23)cc1. The van der Waals surface area contributed by atoms with Gasteiger partial charge >= 0.3 is 0 Å². The number of carbonyl (C=O) groups is 1. The van der Waals surface area contributed by atoms with Crippen molar-refractivity contribution >= 4 is 26.7 Å². The Morgan fingerprint density at radius 2 is 1.34 bits per heavy atom. The molecule has 4 rings (SSSR count). The summed E-state index contributed by atoms with van der Waals surface area (Å²) in [5, 5.41) is 7.11. The lowest BCUT2D eigenvalue weighted by Crippen LogP contribution is -2.30. The Balaban J connectivity index is 1.69. The van der Waals surface area contributed by atoms with Gasteiger partial charge in [0.25, 0.3) is 5.91 Å². The fourth-order valence-electron chi connectivity index (χ4n) is 3.70. The number of carbonyl (C=O) groups excluding carboxylic acids is 1. The summed E-state index contributed by atoms with van der Waals surface area (Å²) in [5.74, 6) is -0.0853. The second-order valence-corrected chi connectivity index (χ2v) is 9.42. The van der Waals surface area contributed by atoms with Gasteiger partial charge in [-0.1, -0.05) is 78.4 Å². The molecule has 0 saturated carbocycles. The summed E-state index contributed by atoms with van der Waals surface area (Å²) in [6.07, 6.45) is 0. The monoisotopic (exact) mass is 444 g/mol. The highest BCUT2D eigenvalue weighted by Crippen LogP contribution is 2.22. The van der Waals surface area contributed by atoms with Gasteiger partial charge in [-0.2, -0.15) is 0 Å². The van der Waals surface area contributed by atoms with Gasteiger partial charge in [-0.15, -0.1) is 0 Å². The Morgan fingerprint density at radius 1 is 0.781 bits per heavy atom. The maximum absolute atomic E-state index is 13.7. The van der Waals surface area contributed by atoms with Gasteiger partial charge in [-0.3, -0.25) is 4.79 Å². The molecule has 0 aliphatic carbocycles. The topological polar surface area (TPSA) is 80.5 Å². The van der Waals surface area contributed by atoms with Crippen molar-refractivity contribution in [1.82, 2.24) is 4.90 Å². The van der Waals surface area contributed by atoms with E-state index in [9.17, 15) is 13.2 Å². The van der Waals surface area contributed by atoms with Crippen molar-refractivity contribution < 1.29 is 13.2 Å². The van der Waals surface area contributed by atoms with Gasteiger partial charge in [0.2, 0.25) is 10.0 Å². The summed E-state index contributed by atoms with van der Waals surface area (Å²) in [6, 6.07) is 27.9. The standard InChI is InChI=1S/C26H24N2O3S/c1-19-9-11-20(12-10-19)17-28(18-21-13-15-23(16-14-21)32(27,30)31)26(29)25-8-4-6-22-5-2-3-7-24(22)25/h2-16H,17-18H2,1H3,(H2,27,30,31). The zero-order valence-corrected chi connectivity index (χ0v) is 18.5. The maximum atomic E-state index is 13.7. The van der Waals surface area contributed by atoms with Crippen LogP contribution in [0, 0.1) is 6.92 Å². The molecule has 32 heavy (non-hydrogen) atoms. The summed E-state index contributed by atoms with van der Waals surface area (Å²) in [4.78, 5) is 15.5. The predicted octanol–water partition coefficient (Wildman–Crippen LogP) is 4.64. The number of fused-ring (bicyclic) bond motifs is 1. The molecule has 5 nitrogen and oxygen atoms in total. The van der Waals surface area contributed by atoms with E-state index < -0.39 is 10.0 Å². The number of nitrogens with zero attached hydrogens (tertiary/aromatic N) is 1. The molecule has 4 aromatic carbocycles. The lowest BCUT2D eigenvalue weighted by Gasteiger charge is -2.24. The van der Waals surface area contributed by atoms with E-state index in [4.69, 9.17) is 5.14 Å². The molecule has 0 saturated heterocycles. The molecule has 0 fully saturated rings. The van der Waals surface area contributed by atoms with E-state index in [2.05, 4.69) is 0 Å².